The Labute approximate surface area is 113 Å². The molecule has 0 atom stereocenters. The molecule has 2 N–H and O–H groups in total. The van der Waals surface area contributed by atoms with Crippen molar-refractivity contribution in [2.24, 2.45) is 5.73 Å². The van der Waals surface area contributed by atoms with E-state index in [-0.39, 0.29) is 12.5 Å². The Morgan fingerprint density at radius 3 is 1.63 bits per heavy atom. The van der Waals surface area contributed by atoms with E-state index in [1.54, 1.807) is 0 Å². The van der Waals surface area contributed by atoms with Gasteiger partial charge in [-0.3, -0.25) is 9.69 Å². The molecule has 2 aromatic rings. The van der Waals surface area contributed by atoms with Crippen molar-refractivity contribution < 1.29 is 4.79 Å². The molecule has 2 rings (SSSR count). The monoisotopic (exact) mass is 254 g/mol. The molecule has 0 saturated heterocycles. The van der Waals surface area contributed by atoms with Gasteiger partial charge < -0.3 is 5.73 Å². The van der Waals surface area contributed by atoms with Crippen molar-refractivity contribution >= 4 is 5.91 Å². The molecule has 0 bridgehead atoms. The van der Waals surface area contributed by atoms with Crippen LogP contribution >= 0.6 is 0 Å². The predicted molar refractivity (Wildman–Crippen MR) is 76.2 cm³/mol. The first-order valence-electron chi connectivity index (χ1n) is 6.32. The average molecular weight is 254 g/mol. The molecule has 0 heterocycles. The van der Waals surface area contributed by atoms with Gasteiger partial charge in [-0.2, -0.15) is 0 Å². The van der Waals surface area contributed by atoms with E-state index >= 15 is 0 Å². The first kappa shape index (κ1) is 13.3. The van der Waals surface area contributed by atoms with Crippen molar-refractivity contribution in [3.05, 3.63) is 71.8 Å². The summed E-state index contributed by atoms with van der Waals surface area (Å²) in [6.45, 7) is 1.71. The molecule has 0 aromatic heterocycles. The average Bonchev–Trinajstić information content (AvgIpc) is 2.40. The molecule has 19 heavy (non-hydrogen) atoms. The number of amides is 1. The molecular weight excluding hydrogens is 236 g/mol. The van der Waals surface area contributed by atoms with Gasteiger partial charge in [0.15, 0.2) is 0 Å². The summed E-state index contributed by atoms with van der Waals surface area (Å²) in [4.78, 5) is 13.2. The van der Waals surface area contributed by atoms with Crippen LogP contribution in [0, 0.1) is 0 Å². The summed E-state index contributed by atoms with van der Waals surface area (Å²) in [5.41, 5.74) is 7.68. The molecule has 0 unspecified atom stereocenters. The van der Waals surface area contributed by atoms with Crippen LogP contribution in [0.1, 0.15) is 11.1 Å². The summed E-state index contributed by atoms with van der Waals surface area (Å²) in [6, 6.07) is 20.2. The summed E-state index contributed by atoms with van der Waals surface area (Å²) in [5, 5.41) is 0. The number of hydrogen-bond donors (Lipinski definition) is 1. The van der Waals surface area contributed by atoms with Crippen LogP contribution in [0.3, 0.4) is 0 Å². The highest BCUT2D eigenvalue weighted by Gasteiger charge is 2.09. The van der Waals surface area contributed by atoms with Gasteiger partial charge in [0.05, 0.1) is 6.54 Å². The SMILES string of the molecule is NC(=O)CN(Cc1ccccc1)Cc1ccccc1. The minimum Gasteiger partial charge on any atom is -0.369 e. The van der Waals surface area contributed by atoms with E-state index in [2.05, 4.69) is 24.3 Å². The van der Waals surface area contributed by atoms with Crippen LogP contribution in [0.15, 0.2) is 60.7 Å². The Balaban J connectivity index is 2.06. The molecule has 3 nitrogen and oxygen atoms in total. The highest BCUT2D eigenvalue weighted by Crippen LogP contribution is 2.09. The highest BCUT2D eigenvalue weighted by molar-refractivity contribution is 5.75. The van der Waals surface area contributed by atoms with Crippen LogP contribution in [0.25, 0.3) is 0 Å². The molecule has 0 saturated carbocycles. The van der Waals surface area contributed by atoms with E-state index in [0.717, 1.165) is 13.1 Å². The first-order valence-corrected chi connectivity index (χ1v) is 6.32. The van der Waals surface area contributed by atoms with Crippen LogP contribution in [0.2, 0.25) is 0 Å². The Morgan fingerprint density at radius 2 is 1.26 bits per heavy atom. The van der Waals surface area contributed by atoms with Crippen LogP contribution in [-0.4, -0.2) is 17.4 Å². The number of hydrogen-bond acceptors (Lipinski definition) is 2. The van der Waals surface area contributed by atoms with Gasteiger partial charge in [-0.15, -0.1) is 0 Å². The molecule has 0 fully saturated rings. The van der Waals surface area contributed by atoms with E-state index in [1.807, 2.05) is 41.3 Å². The van der Waals surface area contributed by atoms with Crippen LogP contribution in [0.4, 0.5) is 0 Å². The normalized spacial score (nSPS) is 10.6. The quantitative estimate of drug-likeness (QED) is 0.858. The van der Waals surface area contributed by atoms with Gasteiger partial charge >= 0.3 is 0 Å². The van der Waals surface area contributed by atoms with Crippen molar-refractivity contribution in [1.29, 1.82) is 0 Å². The first-order chi connectivity index (χ1) is 9.24. The maximum atomic E-state index is 11.2. The molecule has 98 valence electrons. The lowest BCUT2D eigenvalue weighted by atomic mass is 10.1. The number of carbonyl (C=O) groups excluding carboxylic acids is 1. The van der Waals surface area contributed by atoms with Gasteiger partial charge in [0.1, 0.15) is 0 Å². The molecule has 0 aliphatic rings. The molecule has 0 radical (unpaired) electrons. The Hall–Kier alpha value is -2.13. The summed E-state index contributed by atoms with van der Waals surface area (Å²) in [7, 11) is 0. The van der Waals surface area contributed by atoms with Crippen molar-refractivity contribution in [1.82, 2.24) is 4.90 Å². The molecule has 0 aliphatic carbocycles. The van der Waals surface area contributed by atoms with E-state index < -0.39 is 0 Å². The maximum Gasteiger partial charge on any atom is 0.231 e. The number of nitrogens with two attached hydrogens (primary N) is 1. The lowest BCUT2D eigenvalue weighted by Gasteiger charge is -2.20. The minimum absolute atomic E-state index is 0.268. The third kappa shape index (κ3) is 4.56. The summed E-state index contributed by atoms with van der Waals surface area (Å²) in [5.74, 6) is -0.299. The van der Waals surface area contributed by atoms with Gasteiger partial charge in [-0.1, -0.05) is 60.7 Å². The van der Waals surface area contributed by atoms with Crippen LogP contribution < -0.4 is 5.73 Å². The molecule has 0 spiro atoms. The smallest absolute Gasteiger partial charge is 0.231 e. The summed E-state index contributed by atoms with van der Waals surface area (Å²) >= 11 is 0. The number of carbonyl (C=O) groups is 1. The van der Waals surface area contributed by atoms with Gasteiger partial charge in [-0.25, -0.2) is 0 Å². The minimum atomic E-state index is -0.299. The zero-order chi connectivity index (χ0) is 13.5. The topological polar surface area (TPSA) is 46.3 Å². The Bertz CT molecular complexity index is 469. The number of nitrogens with zero attached hydrogens (tertiary/aromatic N) is 1. The van der Waals surface area contributed by atoms with Crippen LogP contribution in [-0.2, 0) is 17.9 Å². The van der Waals surface area contributed by atoms with Gasteiger partial charge in [0.25, 0.3) is 0 Å². The second-order valence-electron chi connectivity index (χ2n) is 4.58. The van der Waals surface area contributed by atoms with Crippen molar-refractivity contribution in [2.75, 3.05) is 6.54 Å². The summed E-state index contributed by atoms with van der Waals surface area (Å²) < 4.78 is 0. The molecule has 0 aliphatic heterocycles. The van der Waals surface area contributed by atoms with Crippen molar-refractivity contribution in [2.45, 2.75) is 13.1 Å². The maximum absolute atomic E-state index is 11.2. The van der Waals surface area contributed by atoms with Gasteiger partial charge in [0.2, 0.25) is 5.91 Å². The number of rotatable bonds is 6. The Kier molecular flexibility index (Phi) is 4.70. The highest BCUT2D eigenvalue weighted by atomic mass is 16.1. The van der Waals surface area contributed by atoms with Gasteiger partial charge in [0, 0.05) is 13.1 Å². The number of primary amides is 1. The van der Waals surface area contributed by atoms with Crippen molar-refractivity contribution in [3.8, 4) is 0 Å². The summed E-state index contributed by atoms with van der Waals surface area (Å²) in [6.07, 6.45) is 0. The second-order valence-corrected chi connectivity index (χ2v) is 4.58. The number of benzene rings is 2. The van der Waals surface area contributed by atoms with E-state index in [4.69, 9.17) is 5.73 Å². The molecule has 1 amide bonds. The third-order valence-corrected chi connectivity index (χ3v) is 2.88. The molecular formula is C16H18N2O. The van der Waals surface area contributed by atoms with Gasteiger partial charge in [-0.05, 0) is 11.1 Å². The van der Waals surface area contributed by atoms with E-state index in [9.17, 15) is 4.79 Å². The van der Waals surface area contributed by atoms with E-state index in [1.165, 1.54) is 11.1 Å². The van der Waals surface area contributed by atoms with Crippen LogP contribution in [0.5, 0.6) is 0 Å². The predicted octanol–water partition coefficient (Wildman–Crippen LogP) is 2.17. The fourth-order valence-corrected chi connectivity index (χ4v) is 2.07. The Morgan fingerprint density at radius 1 is 0.842 bits per heavy atom. The fraction of sp³-hybridized carbons (Fsp3) is 0.188. The zero-order valence-electron chi connectivity index (χ0n) is 10.8. The fourth-order valence-electron chi connectivity index (χ4n) is 2.07. The van der Waals surface area contributed by atoms with E-state index in [0.29, 0.717) is 0 Å². The third-order valence-electron chi connectivity index (χ3n) is 2.88. The largest absolute Gasteiger partial charge is 0.369 e. The zero-order valence-corrected chi connectivity index (χ0v) is 10.8. The van der Waals surface area contributed by atoms with Crippen molar-refractivity contribution in [3.63, 3.8) is 0 Å². The molecule has 3 heteroatoms. The second kappa shape index (κ2) is 6.71. The lowest BCUT2D eigenvalue weighted by Crippen LogP contribution is -2.33. The standard InChI is InChI=1S/C16H18N2O/c17-16(19)13-18(11-14-7-3-1-4-8-14)12-15-9-5-2-6-10-15/h1-10H,11-13H2,(H2,17,19). The lowest BCUT2D eigenvalue weighted by molar-refractivity contribution is -0.119. The molecule has 2 aromatic carbocycles.